The fourth-order valence-electron chi connectivity index (χ4n) is 5.51. The molecule has 4 aliphatic rings. The van der Waals surface area contributed by atoms with Crippen LogP contribution in [0.25, 0.3) is 0 Å². The van der Waals surface area contributed by atoms with E-state index in [-0.39, 0.29) is 5.54 Å². The third-order valence-electron chi connectivity index (χ3n) is 6.02. The number of nitrogens with one attached hydrogen (secondary N) is 2. The first-order valence-corrected chi connectivity index (χ1v) is 8.71. The van der Waals surface area contributed by atoms with E-state index < -0.39 is 0 Å². The van der Waals surface area contributed by atoms with Gasteiger partial charge in [0.2, 0.25) is 0 Å². The molecule has 3 nitrogen and oxygen atoms in total. The number of rotatable bonds is 3. The van der Waals surface area contributed by atoms with Gasteiger partial charge in [0.15, 0.2) is 0 Å². The Bertz CT molecular complexity index is 488. The van der Waals surface area contributed by atoms with Gasteiger partial charge in [0, 0.05) is 22.8 Å². The molecule has 0 unspecified atom stereocenters. The van der Waals surface area contributed by atoms with Crippen molar-refractivity contribution in [3.05, 3.63) is 17.7 Å². The molecule has 0 aliphatic heterocycles. The fourth-order valence-corrected chi connectivity index (χ4v) is 5.51. The molecule has 3 heteroatoms. The Labute approximate surface area is 128 Å². The van der Waals surface area contributed by atoms with E-state index in [4.69, 9.17) is 0 Å². The van der Waals surface area contributed by atoms with Crippen LogP contribution in [0.5, 0.6) is 0 Å². The number of nitrogens with zero attached hydrogens (tertiary/aromatic N) is 1. The first kappa shape index (κ1) is 13.8. The van der Waals surface area contributed by atoms with Crippen molar-refractivity contribution in [1.29, 1.82) is 0 Å². The molecule has 21 heavy (non-hydrogen) atoms. The van der Waals surface area contributed by atoms with Crippen molar-refractivity contribution in [2.24, 2.45) is 17.8 Å². The highest BCUT2D eigenvalue weighted by Gasteiger charge is 2.52. The Balaban J connectivity index is 1.53. The van der Waals surface area contributed by atoms with Gasteiger partial charge in [-0.05, 0) is 77.0 Å². The van der Waals surface area contributed by atoms with Crippen molar-refractivity contribution in [2.75, 3.05) is 0 Å². The highest BCUT2D eigenvalue weighted by Crippen LogP contribution is 2.60. The molecule has 1 heterocycles. The third kappa shape index (κ3) is 2.54. The van der Waals surface area contributed by atoms with Crippen LogP contribution in [0.1, 0.15) is 70.8 Å². The molecule has 4 bridgehead atoms. The maximum Gasteiger partial charge on any atom is 0.120 e. The molecule has 4 fully saturated rings. The Morgan fingerprint density at radius 1 is 1.14 bits per heavy atom. The SMILES string of the molecule is CC(C)(C)NCc1ncc(C23CC4CC(CC(C4)C2)C3)[nH]1. The van der Waals surface area contributed by atoms with Crippen LogP contribution < -0.4 is 5.32 Å². The average Bonchev–Trinajstić information content (AvgIpc) is 2.83. The molecule has 2 N–H and O–H groups in total. The van der Waals surface area contributed by atoms with E-state index in [0.717, 1.165) is 30.1 Å². The number of aromatic nitrogens is 2. The Morgan fingerprint density at radius 2 is 1.71 bits per heavy atom. The van der Waals surface area contributed by atoms with Crippen molar-refractivity contribution in [3.63, 3.8) is 0 Å². The molecule has 4 saturated carbocycles. The van der Waals surface area contributed by atoms with Crippen molar-refractivity contribution >= 4 is 0 Å². The average molecular weight is 287 g/mol. The van der Waals surface area contributed by atoms with E-state index in [1.165, 1.54) is 44.2 Å². The molecule has 0 atom stereocenters. The number of H-pyrrole nitrogens is 1. The van der Waals surface area contributed by atoms with E-state index in [1.807, 2.05) is 0 Å². The zero-order chi connectivity index (χ0) is 14.7. The van der Waals surface area contributed by atoms with Gasteiger partial charge in [0.25, 0.3) is 0 Å². The maximum absolute atomic E-state index is 4.66. The van der Waals surface area contributed by atoms with Gasteiger partial charge in [-0.25, -0.2) is 4.98 Å². The molecule has 1 aromatic heterocycles. The maximum atomic E-state index is 4.66. The lowest BCUT2D eigenvalue weighted by atomic mass is 9.49. The van der Waals surface area contributed by atoms with Crippen molar-refractivity contribution < 1.29 is 0 Å². The molecule has 0 aromatic carbocycles. The minimum atomic E-state index is 0.146. The van der Waals surface area contributed by atoms with Crippen LogP contribution in [0.4, 0.5) is 0 Å². The van der Waals surface area contributed by atoms with Crippen molar-refractivity contribution in [2.45, 2.75) is 76.8 Å². The first-order chi connectivity index (χ1) is 9.92. The summed E-state index contributed by atoms with van der Waals surface area (Å²) in [5, 5.41) is 3.53. The summed E-state index contributed by atoms with van der Waals surface area (Å²) in [6.45, 7) is 7.46. The lowest BCUT2D eigenvalue weighted by Crippen LogP contribution is -2.48. The van der Waals surface area contributed by atoms with Gasteiger partial charge in [0.05, 0.1) is 6.54 Å². The van der Waals surface area contributed by atoms with Crippen molar-refractivity contribution in [1.82, 2.24) is 15.3 Å². The molecule has 0 amide bonds. The van der Waals surface area contributed by atoms with E-state index in [9.17, 15) is 0 Å². The zero-order valence-electron chi connectivity index (χ0n) is 13.7. The summed E-state index contributed by atoms with van der Waals surface area (Å²) in [6, 6.07) is 0. The molecule has 1 aromatic rings. The molecular formula is C18H29N3. The summed E-state index contributed by atoms with van der Waals surface area (Å²) < 4.78 is 0. The number of hydrogen-bond donors (Lipinski definition) is 2. The smallest absolute Gasteiger partial charge is 0.120 e. The van der Waals surface area contributed by atoms with Gasteiger partial charge in [0.1, 0.15) is 5.82 Å². The van der Waals surface area contributed by atoms with Crippen LogP contribution in [0.15, 0.2) is 6.20 Å². The highest BCUT2D eigenvalue weighted by atomic mass is 15.0. The Kier molecular flexibility index (Phi) is 3.01. The predicted octanol–water partition coefficient (Wildman–Crippen LogP) is 3.77. The van der Waals surface area contributed by atoms with E-state index in [2.05, 4.69) is 42.3 Å². The standard InChI is InChI=1S/C18H29N3/c1-17(2,3)20-11-16-19-10-15(21-16)18-7-12-4-13(8-18)6-14(5-12)9-18/h10,12-14,20H,4-9,11H2,1-3H3,(H,19,21). The van der Waals surface area contributed by atoms with Gasteiger partial charge >= 0.3 is 0 Å². The van der Waals surface area contributed by atoms with E-state index in [1.54, 1.807) is 0 Å². The van der Waals surface area contributed by atoms with Gasteiger partial charge in [-0.1, -0.05) is 0 Å². The summed E-state index contributed by atoms with van der Waals surface area (Å²) in [4.78, 5) is 8.33. The van der Waals surface area contributed by atoms with Crippen LogP contribution in [0.3, 0.4) is 0 Å². The predicted molar refractivity (Wildman–Crippen MR) is 85.0 cm³/mol. The molecular weight excluding hydrogens is 258 g/mol. The third-order valence-corrected chi connectivity index (χ3v) is 6.02. The van der Waals surface area contributed by atoms with Crippen LogP contribution in [-0.4, -0.2) is 15.5 Å². The monoisotopic (exact) mass is 287 g/mol. The summed E-state index contributed by atoms with van der Waals surface area (Å²) in [6.07, 6.45) is 10.9. The summed E-state index contributed by atoms with van der Waals surface area (Å²) in [5.41, 5.74) is 2.03. The fraction of sp³-hybridized carbons (Fsp3) is 0.833. The van der Waals surface area contributed by atoms with E-state index in [0.29, 0.717) is 5.41 Å². The molecule has 4 aliphatic carbocycles. The molecule has 0 radical (unpaired) electrons. The quantitative estimate of drug-likeness (QED) is 0.888. The first-order valence-electron chi connectivity index (χ1n) is 8.71. The second kappa shape index (κ2) is 4.58. The number of imidazole rings is 1. The normalized spacial score (nSPS) is 38.1. The van der Waals surface area contributed by atoms with Crippen molar-refractivity contribution in [3.8, 4) is 0 Å². The lowest BCUT2D eigenvalue weighted by Gasteiger charge is -2.56. The summed E-state index contributed by atoms with van der Waals surface area (Å²) >= 11 is 0. The number of hydrogen-bond acceptors (Lipinski definition) is 2. The topological polar surface area (TPSA) is 40.7 Å². The van der Waals surface area contributed by atoms with Gasteiger partial charge in [-0.15, -0.1) is 0 Å². The van der Waals surface area contributed by atoms with Crippen LogP contribution in [-0.2, 0) is 12.0 Å². The highest BCUT2D eigenvalue weighted by molar-refractivity contribution is 5.22. The zero-order valence-corrected chi connectivity index (χ0v) is 13.7. The van der Waals surface area contributed by atoms with Crippen LogP contribution in [0.2, 0.25) is 0 Å². The molecule has 0 spiro atoms. The lowest BCUT2D eigenvalue weighted by molar-refractivity contribution is -0.00706. The van der Waals surface area contributed by atoms with Gasteiger partial charge < -0.3 is 10.3 Å². The minimum absolute atomic E-state index is 0.146. The molecule has 5 rings (SSSR count). The van der Waals surface area contributed by atoms with Crippen LogP contribution in [0, 0.1) is 17.8 Å². The summed E-state index contributed by atoms with van der Waals surface area (Å²) in [7, 11) is 0. The Morgan fingerprint density at radius 3 is 2.24 bits per heavy atom. The van der Waals surface area contributed by atoms with Gasteiger partial charge in [-0.2, -0.15) is 0 Å². The van der Waals surface area contributed by atoms with Crippen LogP contribution >= 0.6 is 0 Å². The van der Waals surface area contributed by atoms with E-state index >= 15 is 0 Å². The Hall–Kier alpha value is -0.830. The minimum Gasteiger partial charge on any atom is -0.344 e. The largest absolute Gasteiger partial charge is 0.344 e. The molecule has 0 saturated heterocycles. The molecule has 116 valence electrons. The number of aromatic amines is 1. The summed E-state index contributed by atoms with van der Waals surface area (Å²) in [5.74, 6) is 4.10. The second-order valence-corrected chi connectivity index (χ2v) is 9.05. The second-order valence-electron chi connectivity index (χ2n) is 9.05. The van der Waals surface area contributed by atoms with Gasteiger partial charge in [-0.3, -0.25) is 0 Å².